The number of nitrogens with one attached hydrogen (secondary N) is 1. The van der Waals surface area contributed by atoms with Crippen LogP contribution in [0, 0.1) is 11.7 Å². The van der Waals surface area contributed by atoms with Gasteiger partial charge in [-0.25, -0.2) is 9.37 Å². The minimum Gasteiger partial charge on any atom is -0.481 e. The number of hydrogen-bond donors (Lipinski definition) is 2. The van der Waals surface area contributed by atoms with Crippen molar-refractivity contribution in [2.75, 3.05) is 25.0 Å². The molecule has 6 rings (SSSR count). The van der Waals surface area contributed by atoms with Crippen LogP contribution in [0.3, 0.4) is 0 Å². The maximum Gasteiger partial charge on any atom is 0.303 e. The van der Waals surface area contributed by atoms with Gasteiger partial charge in [-0.05, 0) is 73.4 Å². The molecule has 0 bridgehead atoms. The number of halogens is 1. The third kappa shape index (κ3) is 4.01. The lowest BCUT2D eigenvalue weighted by molar-refractivity contribution is -0.138. The van der Waals surface area contributed by atoms with Crippen LogP contribution in [0.25, 0.3) is 27.7 Å². The molecule has 0 radical (unpaired) electrons. The van der Waals surface area contributed by atoms with Gasteiger partial charge >= 0.3 is 5.97 Å². The van der Waals surface area contributed by atoms with Crippen molar-refractivity contribution >= 4 is 28.3 Å². The molecule has 0 amide bonds. The second kappa shape index (κ2) is 8.79. The summed E-state index contributed by atoms with van der Waals surface area (Å²) in [6, 6.07) is 7.58. The molecular weight excluding hydrogens is 443 g/mol. The van der Waals surface area contributed by atoms with Crippen LogP contribution in [-0.2, 0) is 11.3 Å². The van der Waals surface area contributed by atoms with E-state index < -0.39 is 5.97 Å². The molecule has 2 aromatic heterocycles. The summed E-state index contributed by atoms with van der Waals surface area (Å²) in [5.41, 5.74) is 7.54. The summed E-state index contributed by atoms with van der Waals surface area (Å²) in [6.45, 7) is 2.66. The quantitative estimate of drug-likeness (QED) is 0.527. The van der Waals surface area contributed by atoms with Crippen molar-refractivity contribution in [3.8, 4) is 11.1 Å². The predicted octanol–water partition coefficient (Wildman–Crippen LogP) is 5.44. The number of benzene rings is 1. The molecule has 182 valence electrons. The maximum atomic E-state index is 14.2. The molecule has 4 heterocycles. The van der Waals surface area contributed by atoms with E-state index in [-0.39, 0.29) is 5.82 Å². The Labute approximate surface area is 204 Å². The number of H-pyrrole nitrogens is 1. The van der Waals surface area contributed by atoms with Crippen LogP contribution in [0.15, 0.2) is 36.5 Å². The van der Waals surface area contributed by atoms with E-state index in [1.807, 2.05) is 12.1 Å². The van der Waals surface area contributed by atoms with Crippen LogP contribution in [0.1, 0.15) is 49.8 Å². The van der Waals surface area contributed by atoms with Crippen molar-refractivity contribution in [1.82, 2.24) is 14.9 Å². The van der Waals surface area contributed by atoms with E-state index in [0.717, 1.165) is 85.3 Å². The molecule has 0 unspecified atom stereocenters. The van der Waals surface area contributed by atoms with Crippen molar-refractivity contribution in [3.63, 3.8) is 0 Å². The SMILES string of the molecule is CN1Cc2c(C3=CCN(C4CCC(CC(=O)O)CC4)CC3)[nH]c3nccc(c23)-c2cc(F)ccc21. The van der Waals surface area contributed by atoms with Crippen LogP contribution < -0.4 is 4.90 Å². The number of carboxylic acid groups (broad SMARTS) is 1. The minimum absolute atomic E-state index is 0.228. The zero-order chi connectivity index (χ0) is 24.1. The number of aromatic amines is 1. The largest absolute Gasteiger partial charge is 0.481 e. The highest BCUT2D eigenvalue weighted by molar-refractivity contribution is 6.02. The average Bonchev–Trinajstić information content (AvgIpc) is 3.16. The summed E-state index contributed by atoms with van der Waals surface area (Å²) in [6.07, 6.45) is 9.63. The Morgan fingerprint density at radius 3 is 2.77 bits per heavy atom. The molecule has 2 N–H and O–H groups in total. The van der Waals surface area contributed by atoms with E-state index in [0.29, 0.717) is 18.4 Å². The van der Waals surface area contributed by atoms with Crippen LogP contribution in [0.4, 0.5) is 10.1 Å². The molecule has 0 atom stereocenters. The van der Waals surface area contributed by atoms with Gasteiger partial charge in [0, 0.05) is 73.2 Å². The van der Waals surface area contributed by atoms with Crippen molar-refractivity contribution < 1.29 is 14.3 Å². The van der Waals surface area contributed by atoms with Crippen LogP contribution in [-0.4, -0.2) is 52.1 Å². The van der Waals surface area contributed by atoms with Gasteiger partial charge in [-0.3, -0.25) is 9.69 Å². The Morgan fingerprint density at radius 1 is 1.20 bits per heavy atom. The molecule has 2 aliphatic heterocycles. The fourth-order valence-electron chi connectivity index (χ4n) is 6.42. The third-order valence-electron chi connectivity index (χ3n) is 8.21. The molecule has 6 nitrogen and oxygen atoms in total. The second-order valence-corrected chi connectivity index (χ2v) is 10.3. The van der Waals surface area contributed by atoms with E-state index in [1.54, 1.807) is 12.3 Å². The monoisotopic (exact) mass is 474 g/mol. The molecule has 3 aromatic rings. The number of carboxylic acids is 1. The molecule has 7 heteroatoms. The third-order valence-corrected chi connectivity index (χ3v) is 8.21. The van der Waals surface area contributed by atoms with E-state index in [9.17, 15) is 9.18 Å². The topological polar surface area (TPSA) is 72.5 Å². The van der Waals surface area contributed by atoms with Crippen molar-refractivity contribution in [2.45, 2.75) is 51.1 Å². The second-order valence-electron chi connectivity index (χ2n) is 10.3. The summed E-state index contributed by atoms with van der Waals surface area (Å²) in [7, 11) is 2.07. The fraction of sp³-hybridized carbons (Fsp3) is 0.429. The molecule has 0 spiro atoms. The Bertz CT molecular complexity index is 1320. The number of carbonyl (C=O) groups is 1. The molecule has 1 aliphatic carbocycles. The Kier molecular flexibility index (Phi) is 5.60. The van der Waals surface area contributed by atoms with Crippen LogP contribution >= 0.6 is 0 Å². The standard InChI is InChI=1S/C28H31FN4O2/c1-32-16-23-26-21(22-15-19(29)4-7-24(22)32)8-11-30-28(26)31-27(23)18-9-12-33(13-10-18)20-5-2-17(3-6-20)14-25(34)35/h4,7-9,11,15,17,20H,2-3,5-6,10,12-14,16H2,1H3,(H,30,31)(H,34,35). The molecule has 1 fully saturated rings. The molecule has 1 saturated carbocycles. The van der Waals surface area contributed by atoms with Gasteiger partial charge in [-0.15, -0.1) is 0 Å². The highest BCUT2D eigenvalue weighted by Crippen LogP contribution is 2.43. The Hall–Kier alpha value is -3.19. The number of hydrogen-bond acceptors (Lipinski definition) is 4. The molecule has 0 saturated heterocycles. The number of nitrogens with zero attached hydrogens (tertiary/aromatic N) is 3. The summed E-state index contributed by atoms with van der Waals surface area (Å²) in [4.78, 5) is 24.0. The highest BCUT2D eigenvalue weighted by atomic mass is 19.1. The van der Waals surface area contributed by atoms with E-state index in [2.05, 4.69) is 32.9 Å². The Morgan fingerprint density at radius 2 is 2.03 bits per heavy atom. The molecule has 1 aromatic carbocycles. The zero-order valence-electron chi connectivity index (χ0n) is 20.1. The van der Waals surface area contributed by atoms with Crippen molar-refractivity contribution in [1.29, 1.82) is 0 Å². The van der Waals surface area contributed by atoms with E-state index >= 15 is 0 Å². The molecule has 3 aliphatic rings. The van der Waals surface area contributed by atoms with Gasteiger partial charge in [0.15, 0.2) is 0 Å². The van der Waals surface area contributed by atoms with Crippen LogP contribution in [0.2, 0.25) is 0 Å². The average molecular weight is 475 g/mol. The number of aromatic nitrogens is 2. The van der Waals surface area contributed by atoms with Gasteiger partial charge in [-0.1, -0.05) is 6.08 Å². The molecular formula is C28H31FN4O2. The lowest BCUT2D eigenvalue weighted by atomic mass is 9.83. The van der Waals surface area contributed by atoms with Crippen molar-refractivity contribution in [2.24, 2.45) is 5.92 Å². The first kappa shape index (κ1) is 22.3. The van der Waals surface area contributed by atoms with Crippen molar-refractivity contribution in [3.05, 3.63) is 53.6 Å². The normalized spacial score (nSPS) is 22.6. The highest BCUT2D eigenvalue weighted by Gasteiger charge is 2.30. The summed E-state index contributed by atoms with van der Waals surface area (Å²) < 4.78 is 14.2. The van der Waals surface area contributed by atoms with E-state index in [4.69, 9.17) is 5.11 Å². The minimum atomic E-state index is -0.673. The summed E-state index contributed by atoms with van der Waals surface area (Å²) in [5, 5.41) is 10.2. The van der Waals surface area contributed by atoms with Gasteiger partial charge in [0.05, 0.1) is 0 Å². The lowest BCUT2D eigenvalue weighted by Crippen LogP contribution is -2.40. The van der Waals surface area contributed by atoms with Gasteiger partial charge in [0.2, 0.25) is 0 Å². The first-order valence-corrected chi connectivity index (χ1v) is 12.6. The smallest absolute Gasteiger partial charge is 0.303 e. The first-order chi connectivity index (χ1) is 17.0. The van der Waals surface area contributed by atoms with E-state index in [1.165, 1.54) is 17.2 Å². The number of fused-ring (bicyclic) bond motifs is 2. The maximum absolute atomic E-state index is 14.2. The lowest BCUT2D eigenvalue weighted by Gasteiger charge is -2.38. The number of aliphatic carboxylic acids is 1. The first-order valence-electron chi connectivity index (χ1n) is 12.6. The van der Waals surface area contributed by atoms with Crippen LogP contribution in [0.5, 0.6) is 0 Å². The summed E-state index contributed by atoms with van der Waals surface area (Å²) >= 11 is 0. The van der Waals surface area contributed by atoms with Gasteiger partial charge in [-0.2, -0.15) is 0 Å². The van der Waals surface area contributed by atoms with Gasteiger partial charge < -0.3 is 15.0 Å². The summed E-state index contributed by atoms with van der Waals surface area (Å²) in [5.74, 6) is -0.568. The fourth-order valence-corrected chi connectivity index (χ4v) is 6.42. The van der Waals surface area contributed by atoms with Gasteiger partial charge in [0.25, 0.3) is 0 Å². The number of pyridine rings is 1. The molecule has 35 heavy (non-hydrogen) atoms. The Balaban J connectivity index is 1.27. The number of rotatable bonds is 4. The number of anilines is 1. The zero-order valence-corrected chi connectivity index (χ0v) is 20.1. The predicted molar refractivity (Wildman–Crippen MR) is 136 cm³/mol. The van der Waals surface area contributed by atoms with Gasteiger partial charge in [0.1, 0.15) is 11.5 Å².